The molecule has 1 saturated heterocycles. The Hall–Kier alpha value is -1.39. The maximum absolute atomic E-state index is 12.0. The number of nitrogens with one attached hydrogen (secondary N) is 1. The third kappa shape index (κ3) is 4.17. The molecule has 1 aromatic rings. The van der Waals surface area contributed by atoms with E-state index in [1.807, 2.05) is 12.1 Å². The number of hydrogen-bond acceptors (Lipinski definition) is 3. The van der Waals surface area contributed by atoms with Crippen molar-refractivity contribution in [3.63, 3.8) is 0 Å². The van der Waals surface area contributed by atoms with Gasteiger partial charge in [-0.15, -0.1) is 0 Å². The van der Waals surface area contributed by atoms with Crippen LogP contribution in [0.3, 0.4) is 0 Å². The van der Waals surface area contributed by atoms with Crippen molar-refractivity contribution in [2.75, 3.05) is 26.2 Å². The van der Waals surface area contributed by atoms with Gasteiger partial charge in [-0.3, -0.25) is 4.79 Å². The van der Waals surface area contributed by atoms with Crippen LogP contribution >= 0.6 is 0 Å². The van der Waals surface area contributed by atoms with Crippen LogP contribution in [-0.4, -0.2) is 42.1 Å². The average Bonchev–Trinajstić information content (AvgIpc) is 3.12. The second-order valence-corrected chi connectivity index (χ2v) is 7.51. The molecule has 2 aliphatic rings. The Kier molecular flexibility index (Phi) is 5.57. The number of benzene rings is 1. The van der Waals surface area contributed by atoms with E-state index in [0.717, 1.165) is 57.4 Å². The van der Waals surface area contributed by atoms with Gasteiger partial charge in [-0.25, -0.2) is 0 Å². The van der Waals surface area contributed by atoms with E-state index in [-0.39, 0.29) is 11.8 Å². The Balaban J connectivity index is 1.41. The Labute approximate surface area is 145 Å². The minimum atomic E-state index is -0.697. The van der Waals surface area contributed by atoms with E-state index in [0.29, 0.717) is 0 Å². The molecule has 4 nitrogen and oxygen atoms in total. The summed E-state index contributed by atoms with van der Waals surface area (Å²) in [4.78, 5) is 14.4. The first-order valence-electron chi connectivity index (χ1n) is 9.36. The molecule has 0 spiro atoms. The molecular weight excluding hydrogens is 300 g/mol. The highest BCUT2D eigenvalue weighted by atomic mass is 16.3. The fraction of sp³-hybridized carbons (Fsp3) is 0.650. The molecule has 0 atom stereocenters. The van der Waals surface area contributed by atoms with Crippen molar-refractivity contribution in [1.82, 2.24) is 10.2 Å². The maximum Gasteiger partial charge on any atom is 0.223 e. The second-order valence-electron chi connectivity index (χ2n) is 7.51. The lowest BCUT2D eigenvalue weighted by Crippen LogP contribution is -2.45. The van der Waals surface area contributed by atoms with Crippen LogP contribution in [0.25, 0.3) is 0 Å². The number of aryl methyl sites for hydroxylation is 1. The van der Waals surface area contributed by atoms with Gasteiger partial charge < -0.3 is 15.3 Å². The topological polar surface area (TPSA) is 52.6 Å². The average molecular weight is 330 g/mol. The molecule has 0 bridgehead atoms. The van der Waals surface area contributed by atoms with Gasteiger partial charge in [-0.1, -0.05) is 42.7 Å². The predicted octanol–water partition coefficient (Wildman–Crippen LogP) is 2.58. The Bertz CT molecular complexity index is 541. The second kappa shape index (κ2) is 7.66. The van der Waals surface area contributed by atoms with Gasteiger partial charge in [0, 0.05) is 32.1 Å². The minimum absolute atomic E-state index is 0.237. The number of carbonyl (C=O) groups excluding carboxylic acids is 1. The monoisotopic (exact) mass is 330 g/mol. The van der Waals surface area contributed by atoms with Gasteiger partial charge in [-0.05, 0) is 38.2 Å². The maximum atomic E-state index is 12.0. The summed E-state index contributed by atoms with van der Waals surface area (Å²) >= 11 is 0. The molecule has 0 radical (unpaired) electrons. The van der Waals surface area contributed by atoms with Crippen molar-refractivity contribution in [2.24, 2.45) is 5.92 Å². The zero-order valence-electron chi connectivity index (χ0n) is 14.8. The largest absolute Gasteiger partial charge is 0.385 e. The lowest BCUT2D eigenvalue weighted by atomic mass is 9.84. The molecular formula is C20H30N2O2. The number of nitrogens with zero attached hydrogens (tertiary/aromatic N) is 1. The van der Waals surface area contributed by atoms with Crippen LogP contribution in [0, 0.1) is 12.8 Å². The van der Waals surface area contributed by atoms with Gasteiger partial charge in [0.2, 0.25) is 5.91 Å². The molecule has 1 saturated carbocycles. The Morgan fingerprint density at radius 2 is 1.83 bits per heavy atom. The molecule has 0 aromatic heterocycles. The molecule has 0 unspecified atom stereocenters. The Morgan fingerprint density at radius 3 is 2.46 bits per heavy atom. The van der Waals surface area contributed by atoms with Crippen LogP contribution < -0.4 is 5.32 Å². The molecule has 24 heavy (non-hydrogen) atoms. The van der Waals surface area contributed by atoms with Crippen LogP contribution in [0.4, 0.5) is 0 Å². The molecule has 1 aliphatic heterocycles. The van der Waals surface area contributed by atoms with E-state index < -0.39 is 5.60 Å². The van der Waals surface area contributed by atoms with Gasteiger partial charge in [-0.2, -0.15) is 0 Å². The van der Waals surface area contributed by atoms with Crippen LogP contribution in [0.5, 0.6) is 0 Å². The van der Waals surface area contributed by atoms with Gasteiger partial charge in [0.1, 0.15) is 0 Å². The smallest absolute Gasteiger partial charge is 0.223 e. The standard InChI is InChI=1S/C20H30N2O2/c1-16-6-8-18(9-7-16)20(24)10-13-22(14-11-20)15-12-21-19(23)17-4-2-3-5-17/h6-9,17,24H,2-5,10-15H2,1H3,(H,21,23). The van der Waals surface area contributed by atoms with Crippen molar-refractivity contribution in [3.8, 4) is 0 Å². The first-order valence-corrected chi connectivity index (χ1v) is 9.36. The molecule has 2 N–H and O–H groups in total. The number of hydrogen-bond donors (Lipinski definition) is 2. The molecule has 1 aromatic carbocycles. The molecule has 1 amide bonds. The van der Waals surface area contributed by atoms with E-state index >= 15 is 0 Å². The number of likely N-dealkylation sites (tertiary alicyclic amines) is 1. The van der Waals surface area contributed by atoms with Gasteiger partial charge in [0.15, 0.2) is 0 Å². The minimum Gasteiger partial charge on any atom is -0.385 e. The summed E-state index contributed by atoms with van der Waals surface area (Å²) in [5.41, 5.74) is 1.55. The van der Waals surface area contributed by atoms with E-state index in [9.17, 15) is 9.90 Å². The SMILES string of the molecule is Cc1ccc(C2(O)CCN(CCNC(=O)C3CCCC3)CC2)cc1. The van der Waals surface area contributed by atoms with Crippen LogP contribution in [0.15, 0.2) is 24.3 Å². The number of carbonyl (C=O) groups is 1. The highest BCUT2D eigenvalue weighted by Crippen LogP contribution is 2.32. The zero-order valence-corrected chi connectivity index (χ0v) is 14.8. The highest BCUT2D eigenvalue weighted by molar-refractivity contribution is 5.78. The van der Waals surface area contributed by atoms with Crippen LogP contribution in [0.2, 0.25) is 0 Å². The summed E-state index contributed by atoms with van der Waals surface area (Å²) in [5, 5.41) is 14.0. The van der Waals surface area contributed by atoms with Crippen molar-refractivity contribution >= 4 is 5.91 Å². The summed E-state index contributed by atoms with van der Waals surface area (Å²) in [6.07, 6.45) is 6.02. The van der Waals surface area contributed by atoms with Crippen molar-refractivity contribution in [1.29, 1.82) is 0 Å². The van der Waals surface area contributed by atoms with E-state index in [1.165, 1.54) is 18.4 Å². The molecule has 4 heteroatoms. The lowest BCUT2D eigenvalue weighted by Gasteiger charge is -2.38. The summed E-state index contributed by atoms with van der Waals surface area (Å²) in [7, 11) is 0. The summed E-state index contributed by atoms with van der Waals surface area (Å²) < 4.78 is 0. The van der Waals surface area contributed by atoms with E-state index in [2.05, 4.69) is 29.3 Å². The molecule has 3 rings (SSSR count). The predicted molar refractivity (Wildman–Crippen MR) is 95.7 cm³/mol. The summed E-state index contributed by atoms with van der Waals surface area (Å²) in [5.74, 6) is 0.485. The first kappa shape index (κ1) is 17.4. The molecule has 1 aliphatic carbocycles. The van der Waals surface area contributed by atoms with Crippen molar-refractivity contribution in [3.05, 3.63) is 35.4 Å². The van der Waals surface area contributed by atoms with Crippen LogP contribution in [-0.2, 0) is 10.4 Å². The fourth-order valence-corrected chi connectivity index (χ4v) is 3.97. The van der Waals surface area contributed by atoms with E-state index in [1.54, 1.807) is 0 Å². The third-order valence-corrected chi connectivity index (χ3v) is 5.73. The molecule has 1 heterocycles. The lowest BCUT2D eigenvalue weighted by molar-refractivity contribution is -0.124. The normalized spacial score (nSPS) is 21.8. The van der Waals surface area contributed by atoms with Gasteiger partial charge in [0.05, 0.1) is 5.60 Å². The number of rotatable bonds is 5. The number of amides is 1. The summed E-state index contributed by atoms with van der Waals surface area (Å²) in [6.45, 7) is 5.42. The Morgan fingerprint density at radius 1 is 1.21 bits per heavy atom. The van der Waals surface area contributed by atoms with Gasteiger partial charge in [0.25, 0.3) is 0 Å². The molecule has 2 fully saturated rings. The van der Waals surface area contributed by atoms with Crippen molar-refractivity contribution in [2.45, 2.75) is 51.0 Å². The quantitative estimate of drug-likeness (QED) is 0.872. The van der Waals surface area contributed by atoms with Crippen molar-refractivity contribution < 1.29 is 9.90 Å². The fourth-order valence-electron chi connectivity index (χ4n) is 3.97. The van der Waals surface area contributed by atoms with E-state index in [4.69, 9.17) is 0 Å². The zero-order chi connectivity index (χ0) is 17.0. The number of piperidine rings is 1. The highest BCUT2D eigenvalue weighted by Gasteiger charge is 2.33. The van der Waals surface area contributed by atoms with Crippen LogP contribution in [0.1, 0.15) is 49.7 Å². The first-order chi connectivity index (χ1) is 11.6. The third-order valence-electron chi connectivity index (χ3n) is 5.73. The molecule has 132 valence electrons. The van der Waals surface area contributed by atoms with Gasteiger partial charge >= 0.3 is 0 Å². The number of aliphatic hydroxyl groups is 1. The summed E-state index contributed by atoms with van der Waals surface area (Å²) in [6, 6.07) is 8.23.